The van der Waals surface area contributed by atoms with Gasteiger partial charge in [-0.2, -0.15) is 13.5 Å². The molecule has 6 nitrogen and oxygen atoms in total. The van der Waals surface area contributed by atoms with Gasteiger partial charge in [0.05, 0.1) is 17.4 Å². The van der Waals surface area contributed by atoms with Crippen molar-refractivity contribution in [3.05, 3.63) is 29.8 Å². The summed E-state index contributed by atoms with van der Waals surface area (Å²) in [6, 6.07) is 6.59. The molecule has 1 fully saturated rings. The highest BCUT2D eigenvalue weighted by Crippen LogP contribution is 2.23. The van der Waals surface area contributed by atoms with Crippen molar-refractivity contribution in [2.24, 2.45) is 11.0 Å². The Bertz CT molecular complexity index is 671. The zero-order chi connectivity index (χ0) is 16.9. The first kappa shape index (κ1) is 17.5. The standard InChI is InChI=1S/C16H22N2O4S/c1-3-22-16(19)13-6-8-14(9-7-13)17-18-23(20,21)15-10-4-12(2)5-11-15/h4-5,10-11,13,18H,3,6-9H2,1-2H3. The Hall–Kier alpha value is -1.89. The number of ether oxygens (including phenoxy) is 1. The van der Waals surface area contributed by atoms with Crippen LogP contribution in [0.1, 0.15) is 38.2 Å². The van der Waals surface area contributed by atoms with Crippen LogP contribution < -0.4 is 4.83 Å². The lowest BCUT2D eigenvalue weighted by atomic mass is 9.88. The molecule has 1 aromatic rings. The van der Waals surface area contributed by atoms with Crippen LogP contribution in [0, 0.1) is 12.8 Å². The van der Waals surface area contributed by atoms with E-state index in [9.17, 15) is 13.2 Å². The molecule has 0 aliphatic heterocycles. The molecule has 0 spiro atoms. The maximum Gasteiger partial charge on any atom is 0.308 e. The van der Waals surface area contributed by atoms with Crippen LogP contribution in [0.4, 0.5) is 0 Å². The zero-order valence-electron chi connectivity index (χ0n) is 13.4. The summed E-state index contributed by atoms with van der Waals surface area (Å²) >= 11 is 0. The van der Waals surface area contributed by atoms with E-state index in [0.29, 0.717) is 32.3 Å². The number of benzene rings is 1. The van der Waals surface area contributed by atoms with Gasteiger partial charge in [0.15, 0.2) is 0 Å². The number of rotatable bonds is 5. The molecule has 0 saturated heterocycles. The van der Waals surface area contributed by atoms with Crippen molar-refractivity contribution < 1.29 is 17.9 Å². The van der Waals surface area contributed by atoms with E-state index in [1.165, 1.54) is 0 Å². The van der Waals surface area contributed by atoms with Crippen LogP contribution in [0.15, 0.2) is 34.3 Å². The van der Waals surface area contributed by atoms with Gasteiger partial charge in [-0.15, -0.1) is 0 Å². The number of hydrogen-bond acceptors (Lipinski definition) is 5. The van der Waals surface area contributed by atoms with Gasteiger partial charge < -0.3 is 4.74 Å². The summed E-state index contributed by atoms with van der Waals surface area (Å²) in [7, 11) is -3.64. The van der Waals surface area contributed by atoms with E-state index in [-0.39, 0.29) is 16.8 Å². The van der Waals surface area contributed by atoms with Crippen LogP contribution in [0.5, 0.6) is 0 Å². The summed E-state index contributed by atoms with van der Waals surface area (Å²) in [4.78, 5) is 14.1. The minimum absolute atomic E-state index is 0.109. The third-order valence-corrected chi connectivity index (χ3v) is 5.06. The van der Waals surface area contributed by atoms with Gasteiger partial charge in [-0.1, -0.05) is 17.7 Å². The minimum Gasteiger partial charge on any atom is -0.466 e. The Morgan fingerprint density at radius 2 is 1.87 bits per heavy atom. The lowest BCUT2D eigenvalue weighted by Gasteiger charge is -2.21. The van der Waals surface area contributed by atoms with E-state index >= 15 is 0 Å². The maximum atomic E-state index is 12.2. The Labute approximate surface area is 137 Å². The Morgan fingerprint density at radius 1 is 1.26 bits per heavy atom. The number of nitrogens with zero attached hydrogens (tertiary/aromatic N) is 1. The second kappa shape index (κ2) is 7.59. The predicted octanol–water partition coefficient (Wildman–Crippen LogP) is 2.38. The molecule has 0 heterocycles. The number of carbonyl (C=O) groups excluding carboxylic acids is 1. The molecule has 126 valence electrons. The number of hydrazone groups is 1. The summed E-state index contributed by atoms with van der Waals surface area (Å²) in [6.07, 6.45) is 2.48. The first-order valence-corrected chi connectivity index (χ1v) is 9.21. The van der Waals surface area contributed by atoms with Gasteiger partial charge in [-0.05, 0) is 51.7 Å². The predicted molar refractivity (Wildman–Crippen MR) is 87.5 cm³/mol. The summed E-state index contributed by atoms with van der Waals surface area (Å²) in [5.74, 6) is -0.283. The second-order valence-electron chi connectivity index (χ2n) is 5.61. The van der Waals surface area contributed by atoms with Gasteiger partial charge >= 0.3 is 5.97 Å². The molecule has 1 saturated carbocycles. The molecule has 0 unspecified atom stereocenters. The van der Waals surface area contributed by atoms with Gasteiger partial charge in [-0.3, -0.25) is 4.79 Å². The van der Waals surface area contributed by atoms with Crippen molar-refractivity contribution in [3.8, 4) is 0 Å². The molecule has 1 aliphatic rings. The fraction of sp³-hybridized carbons (Fsp3) is 0.500. The average Bonchev–Trinajstić information content (AvgIpc) is 2.54. The van der Waals surface area contributed by atoms with Crippen LogP contribution in [-0.4, -0.2) is 26.7 Å². The largest absolute Gasteiger partial charge is 0.466 e. The Morgan fingerprint density at radius 3 is 2.43 bits per heavy atom. The smallest absolute Gasteiger partial charge is 0.308 e. The number of aryl methyl sites for hydroxylation is 1. The number of sulfonamides is 1. The monoisotopic (exact) mass is 338 g/mol. The van der Waals surface area contributed by atoms with Crippen LogP contribution >= 0.6 is 0 Å². The molecule has 0 aromatic heterocycles. The molecule has 0 atom stereocenters. The number of nitrogens with one attached hydrogen (secondary N) is 1. The van der Waals surface area contributed by atoms with Gasteiger partial charge in [0.1, 0.15) is 0 Å². The highest BCUT2D eigenvalue weighted by atomic mass is 32.2. The van der Waals surface area contributed by atoms with Crippen molar-refractivity contribution in [3.63, 3.8) is 0 Å². The van der Waals surface area contributed by atoms with Crippen LogP contribution in [0.3, 0.4) is 0 Å². The minimum atomic E-state index is -3.64. The van der Waals surface area contributed by atoms with Crippen molar-refractivity contribution in [2.75, 3.05) is 6.61 Å². The van der Waals surface area contributed by atoms with E-state index < -0.39 is 10.0 Å². The third-order valence-electron chi connectivity index (χ3n) is 3.84. The van der Waals surface area contributed by atoms with Gasteiger partial charge in [0.25, 0.3) is 10.0 Å². The van der Waals surface area contributed by atoms with Gasteiger partial charge in [0.2, 0.25) is 0 Å². The molecule has 1 aliphatic carbocycles. The van der Waals surface area contributed by atoms with Gasteiger partial charge in [0, 0.05) is 5.71 Å². The number of hydrogen-bond donors (Lipinski definition) is 1. The highest BCUT2D eigenvalue weighted by molar-refractivity contribution is 7.89. The van der Waals surface area contributed by atoms with E-state index in [4.69, 9.17) is 4.74 Å². The molecule has 2 rings (SSSR count). The summed E-state index contributed by atoms with van der Waals surface area (Å²) in [6.45, 7) is 4.06. The van der Waals surface area contributed by atoms with Crippen LogP contribution in [0.2, 0.25) is 0 Å². The molecule has 7 heteroatoms. The SMILES string of the molecule is CCOC(=O)C1CCC(=NNS(=O)(=O)c2ccc(C)cc2)CC1. The van der Waals surface area contributed by atoms with Crippen LogP contribution in [-0.2, 0) is 19.6 Å². The number of carbonyl (C=O) groups is 1. The molecular weight excluding hydrogens is 316 g/mol. The van der Waals surface area contributed by atoms with Crippen molar-refractivity contribution in [1.82, 2.24) is 4.83 Å². The summed E-state index contributed by atoms with van der Waals surface area (Å²) in [5.41, 5.74) is 1.76. The van der Waals surface area contributed by atoms with E-state index in [2.05, 4.69) is 9.93 Å². The molecule has 0 radical (unpaired) electrons. The normalized spacial score (nSPS) is 18.3. The first-order chi connectivity index (χ1) is 10.9. The third kappa shape index (κ3) is 4.79. The highest BCUT2D eigenvalue weighted by Gasteiger charge is 2.25. The lowest BCUT2D eigenvalue weighted by molar-refractivity contribution is -0.148. The summed E-state index contributed by atoms with van der Waals surface area (Å²) in [5, 5.41) is 4.02. The van der Waals surface area contributed by atoms with E-state index in [0.717, 1.165) is 11.3 Å². The number of esters is 1. The summed E-state index contributed by atoms with van der Waals surface area (Å²) < 4.78 is 29.3. The first-order valence-electron chi connectivity index (χ1n) is 7.73. The zero-order valence-corrected chi connectivity index (χ0v) is 14.2. The molecule has 23 heavy (non-hydrogen) atoms. The van der Waals surface area contributed by atoms with Crippen LogP contribution in [0.25, 0.3) is 0 Å². The molecule has 0 amide bonds. The lowest BCUT2D eigenvalue weighted by Crippen LogP contribution is -2.26. The fourth-order valence-corrected chi connectivity index (χ4v) is 3.30. The Balaban J connectivity index is 1.94. The van der Waals surface area contributed by atoms with Gasteiger partial charge in [-0.25, -0.2) is 4.83 Å². The molecule has 1 aromatic carbocycles. The quantitative estimate of drug-likeness (QED) is 0.660. The average molecular weight is 338 g/mol. The van der Waals surface area contributed by atoms with Crippen molar-refractivity contribution >= 4 is 21.7 Å². The second-order valence-corrected chi connectivity index (χ2v) is 7.27. The Kier molecular flexibility index (Phi) is 5.76. The molecule has 1 N–H and O–H groups in total. The van der Waals surface area contributed by atoms with E-state index in [1.54, 1.807) is 31.2 Å². The molecule has 0 bridgehead atoms. The topological polar surface area (TPSA) is 84.8 Å². The van der Waals surface area contributed by atoms with E-state index in [1.807, 2.05) is 6.92 Å². The van der Waals surface area contributed by atoms with Crippen molar-refractivity contribution in [2.45, 2.75) is 44.4 Å². The molecular formula is C16H22N2O4S. The fourth-order valence-electron chi connectivity index (χ4n) is 2.45. The van der Waals surface area contributed by atoms with Crippen molar-refractivity contribution in [1.29, 1.82) is 0 Å². The maximum absolute atomic E-state index is 12.2.